The standard InChI is InChI=1S/C9H17NO3S/c1-9(12,8(11)13-2)7-10-3-5-14-6-4-10/h12H,3-7H2,1-2H3. The summed E-state index contributed by atoms with van der Waals surface area (Å²) in [5.74, 6) is 1.57. The van der Waals surface area contributed by atoms with E-state index in [1.54, 1.807) is 0 Å². The van der Waals surface area contributed by atoms with Gasteiger partial charge in [-0.2, -0.15) is 11.8 Å². The predicted molar refractivity (Wildman–Crippen MR) is 56.4 cm³/mol. The zero-order chi connectivity index (χ0) is 10.6. The molecule has 1 aliphatic heterocycles. The fraction of sp³-hybridized carbons (Fsp3) is 0.889. The van der Waals surface area contributed by atoms with Crippen molar-refractivity contribution in [3.63, 3.8) is 0 Å². The lowest BCUT2D eigenvalue weighted by atomic mass is 10.1. The molecule has 1 aliphatic rings. The second kappa shape index (κ2) is 5.00. The summed E-state index contributed by atoms with van der Waals surface area (Å²) in [4.78, 5) is 13.3. The van der Waals surface area contributed by atoms with Crippen molar-refractivity contribution in [2.45, 2.75) is 12.5 Å². The molecule has 0 aliphatic carbocycles. The second-order valence-electron chi connectivity index (χ2n) is 3.65. The molecule has 1 heterocycles. The van der Waals surface area contributed by atoms with Gasteiger partial charge in [-0.05, 0) is 6.92 Å². The third kappa shape index (κ3) is 3.15. The van der Waals surface area contributed by atoms with Crippen LogP contribution in [0.25, 0.3) is 0 Å². The average Bonchev–Trinajstić information content (AvgIpc) is 2.17. The highest BCUT2D eigenvalue weighted by atomic mass is 32.2. The minimum atomic E-state index is -1.38. The molecule has 0 aromatic heterocycles. The highest BCUT2D eigenvalue weighted by molar-refractivity contribution is 7.99. The van der Waals surface area contributed by atoms with E-state index in [-0.39, 0.29) is 0 Å². The topological polar surface area (TPSA) is 49.8 Å². The van der Waals surface area contributed by atoms with Crippen LogP contribution in [0.2, 0.25) is 0 Å². The van der Waals surface area contributed by atoms with Gasteiger partial charge in [-0.3, -0.25) is 4.90 Å². The molecule has 5 heteroatoms. The number of nitrogens with zero attached hydrogens (tertiary/aromatic N) is 1. The summed E-state index contributed by atoms with van der Waals surface area (Å²) in [5, 5.41) is 9.81. The molecule has 0 spiro atoms. The molecule has 1 fully saturated rings. The third-order valence-electron chi connectivity index (χ3n) is 2.26. The van der Waals surface area contributed by atoms with Gasteiger partial charge in [0.25, 0.3) is 0 Å². The quantitative estimate of drug-likeness (QED) is 0.675. The molecule has 0 bridgehead atoms. The highest BCUT2D eigenvalue weighted by Crippen LogP contribution is 2.14. The van der Waals surface area contributed by atoms with Gasteiger partial charge in [0.2, 0.25) is 0 Å². The third-order valence-corrected chi connectivity index (χ3v) is 3.20. The number of carbonyl (C=O) groups excluding carboxylic acids is 1. The van der Waals surface area contributed by atoms with Gasteiger partial charge in [0.1, 0.15) is 0 Å². The number of hydrogen-bond donors (Lipinski definition) is 1. The molecule has 0 aromatic carbocycles. The van der Waals surface area contributed by atoms with Gasteiger partial charge in [-0.25, -0.2) is 4.79 Å². The largest absolute Gasteiger partial charge is 0.467 e. The first-order valence-electron chi connectivity index (χ1n) is 4.67. The Kier molecular flexibility index (Phi) is 4.22. The van der Waals surface area contributed by atoms with Crippen LogP contribution in [-0.2, 0) is 9.53 Å². The Morgan fingerprint density at radius 1 is 1.57 bits per heavy atom. The molecule has 0 radical (unpaired) electrons. The summed E-state index contributed by atoms with van der Waals surface area (Å²) in [7, 11) is 1.29. The number of rotatable bonds is 3. The molecule has 1 N–H and O–H groups in total. The summed E-state index contributed by atoms with van der Waals surface area (Å²) >= 11 is 1.90. The molecular formula is C9H17NO3S. The highest BCUT2D eigenvalue weighted by Gasteiger charge is 2.33. The maximum Gasteiger partial charge on any atom is 0.338 e. The molecule has 1 atom stereocenters. The summed E-state index contributed by atoms with van der Waals surface area (Å²) in [6, 6.07) is 0. The number of β-amino-alcohol motifs (C(OH)–C–C–N with tert-alkyl or cyclic N) is 1. The Hall–Kier alpha value is -0.260. The van der Waals surface area contributed by atoms with Gasteiger partial charge in [0, 0.05) is 31.1 Å². The lowest BCUT2D eigenvalue weighted by Crippen LogP contribution is -2.49. The molecule has 0 saturated carbocycles. The normalized spacial score (nSPS) is 22.8. The summed E-state index contributed by atoms with van der Waals surface area (Å²) in [6.07, 6.45) is 0. The van der Waals surface area contributed by atoms with Gasteiger partial charge in [-0.15, -0.1) is 0 Å². The van der Waals surface area contributed by atoms with E-state index in [9.17, 15) is 9.90 Å². The Bertz CT molecular complexity index is 202. The molecule has 82 valence electrons. The van der Waals surface area contributed by atoms with Crippen LogP contribution in [0.3, 0.4) is 0 Å². The number of hydrogen-bond acceptors (Lipinski definition) is 5. The van der Waals surface area contributed by atoms with Crippen molar-refractivity contribution < 1.29 is 14.6 Å². The predicted octanol–water partition coefficient (Wildman–Crippen LogP) is -0.0408. The van der Waals surface area contributed by atoms with Crippen molar-refractivity contribution >= 4 is 17.7 Å². The molecular weight excluding hydrogens is 202 g/mol. The average molecular weight is 219 g/mol. The Morgan fingerprint density at radius 2 is 2.14 bits per heavy atom. The Labute approximate surface area is 88.6 Å². The van der Waals surface area contributed by atoms with Crippen LogP contribution in [0.5, 0.6) is 0 Å². The van der Waals surface area contributed by atoms with Crippen LogP contribution < -0.4 is 0 Å². The van der Waals surface area contributed by atoms with Crippen molar-refractivity contribution in [2.75, 3.05) is 38.2 Å². The van der Waals surface area contributed by atoms with Crippen LogP contribution in [0.1, 0.15) is 6.92 Å². The van der Waals surface area contributed by atoms with Crippen LogP contribution in [0.4, 0.5) is 0 Å². The van der Waals surface area contributed by atoms with Crippen LogP contribution in [-0.4, -0.2) is 59.8 Å². The van der Waals surface area contributed by atoms with Gasteiger partial charge >= 0.3 is 5.97 Å². The van der Waals surface area contributed by atoms with Crippen molar-refractivity contribution in [1.82, 2.24) is 4.90 Å². The van der Waals surface area contributed by atoms with E-state index in [0.717, 1.165) is 24.6 Å². The Morgan fingerprint density at radius 3 is 2.64 bits per heavy atom. The van der Waals surface area contributed by atoms with Gasteiger partial charge < -0.3 is 9.84 Å². The molecule has 1 saturated heterocycles. The first-order valence-corrected chi connectivity index (χ1v) is 5.82. The second-order valence-corrected chi connectivity index (χ2v) is 4.88. The Balaban J connectivity index is 2.44. The fourth-order valence-corrected chi connectivity index (χ4v) is 2.46. The van der Waals surface area contributed by atoms with Crippen LogP contribution in [0, 0.1) is 0 Å². The van der Waals surface area contributed by atoms with Gasteiger partial charge in [0.15, 0.2) is 5.60 Å². The monoisotopic (exact) mass is 219 g/mol. The zero-order valence-corrected chi connectivity index (χ0v) is 9.47. The van der Waals surface area contributed by atoms with Crippen LogP contribution >= 0.6 is 11.8 Å². The number of ether oxygens (including phenoxy) is 1. The van der Waals surface area contributed by atoms with E-state index in [1.807, 2.05) is 11.8 Å². The van der Waals surface area contributed by atoms with Crippen molar-refractivity contribution in [1.29, 1.82) is 0 Å². The minimum absolute atomic E-state index is 0.361. The van der Waals surface area contributed by atoms with Crippen molar-refractivity contribution in [2.24, 2.45) is 0 Å². The number of esters is 1. The molecule has 0 aromatic rings. The van der Waals surface area contributed by atoms with Gasteiger partial charge in [0.05, 0.1) is 7.11 Å². The number of aliphatic hydroxyl groups is 1. The molecule has 1 unspecified atom stereocenters. The summed E-state index contributed by atoms with van der Waals surface area (Å²) in [5.41, 5.74) is -1.38. The zero-order valence-electron chi connectivity index (χ0n) is 8.65. The number of carbonyl (C=O) groups is 1. The van der Waals surface area contributed by atoms with E-state index in [4.69, 9.17) is 0 Å². The minimum Gasteiger partial charge on any atom is -0.467 e. The first kappa shape index (κ1) is 11.8. The fourth-order valence-electron chi connectivity index (χ4n) is 1.48. The smallest absolute Gasteiger partial charge is 0.338 e. The van der Waals surface area contributed by atoms with E-state index in [0.29, 0.717) is 6.54 Å². The molecule has 4 nitrogen and oxygen atoms in total. The van der Waals surface area contributed by atoms with E-state index < -0.39 is 11.6 Å². The van der Waals surface area contributed by atoms with Crippen molar-refractivity contribution in [3.8, 4) is 0 Å². The molecule has 14 heavy (non-hydrogen) atoms. The van der Waals surface area contributed by atoms with E-state index >= 15 is 0 Å². The number of thioether (sulfide) groups is 1. The van der Waals surface area contributed by atoms with E-state index in [2.05, 4.69) is 9.64 Å². The van der Waals surface area contributed by atoms with Crippen LogP contribution in [0.15, 0.2) is 0 Å². The SMILES string of the molecule is COC(=O)C(C)(O)CN1CCSCC1. The maximum atomic E-state index is 11.2. The molecule has 0 amide bonds. The molecule has 1 rings (SSSR count). The van der Waals surface area contributed by atoms with Crippen molar-refractivity contribution in [3.05, 3.63) is 0 Å². The van der Waals surface area contributed by atoms with Gasteiger partial charge in [-0.1, -0.05) is 0 Å². The number of methoxy groups -OCH3 is 1. The van der Waals surface area contributed by atoms with E-state index in [1.165, 1.54) is 14.0 Å². The summed E-state index contributed by atoms with van der Waals surface area (Å²) < 4.78 is 4.54. The maximum absolute atomic E-state index is 11.2. The lowest BCUT2D eigenvalue weighted by molar-refractivity contribution is -0.162. The first-order chi connectivity index (χ1) is 6.56. The summed E-state index contributed by atoms with van der Waals surface area (Å²) in [6.45, 7) is 3.72. The lowest BCUT2D eigenvalue weighted by Gasteiger charge is -2.31.